The standard InChI is InChI=1S/C18H24N2O2S/c1-13-12-23-18(19-13)14-6-8-20(9-7-14)11-17(21)15-4-3-5-16(10-15)22-2/h3-5,10,12,14,17,21H,6-9,11H2,1-2H3. The Morgan fingerprint density at radius 2 is 2.17 bits per heavy atom. The summed E-state index contributed by atoms with van der Waals surface area (Å²) in [5.74, 6) is 1.37. The van der Waals surface area contributed by atoms with Gasteiger partial charge in [-0.05, 0) is 50.6 Å². The van der Waals surface area contributed by atoms with Gasteiger partial charge >= 0.3 is 0 Å². The molecule has 2 aromatic rings. The average Bonchev–Trinajstić information content (AvgIpc) is 3.02. The highest BCUT2D eigenvalue weighted by molar-refractivity contribution is 7.09. The van der Waals surface area contributed by atoms with Crippen LogP contribution in [0.1, 0.15) is 41.1 Å². The van der Waals surface area contributed by atoms with Crippen LogP contribution in [-0.2, 0) is 0 Å². The van der Waals surface area contributed by atoms with Crippen LogP contribution in [0, 0.1) is 6.92 Å². The third kappa shape index (κ3) is 4.10. The Balaban J connectivity index is 1.53. The summed E-state index contributed by atoms with van der Waals surface area (Å²) in [5.41, 5.74) is 2.04. The maximum absolute atomic E-state index is 10.5. The molecule has 23 heavy (non-hydrogen) atoms. The number of piperidine rings is 1. The Bertz CT molecular complexity index is 635. The van der Waals surface area contributed by atoms with Gasteiger partial charge in [0.05, 0.1) is 18.2 Å². The van der Waals surface area contributed by atoms with E-state index < -0.39 is 6.10 Å². The van der Waals surface area contributed by atoms with Crippen LogP contribution in [0.4, 0.5) is 0 Å². The van der Waals surface area contributed by atoms with Crippen LogP contribution in [0.25, 0.3) is 0 Å². The van der Waals surface area contributed by atoms with Crippen molar-refractivity contribution >= 4 is 11.3 Å². The Morgan fingerprint density at radius 1 is 1.39 bits per heavy atom. The van der Waals surface area contributed by atoms with E-state index in [9.17, 15) is 5.11 Å². The van der Waals surface area contributed by atoms with Gasteiger partial charge in [-0.2, -0.15) is 0 Å². The van der Waals surface area contributed by atoms with Crippen molar-refractivity contribution in [3.05, 3.63) is 45.9 Å². The fourth-order valence-corrected chi connectivity index (χ4v) is 4.09. The first-order valence-electron chi connectivity index (χ1n) is 8.12. The predicted molar refractivity (Wildman–Crippen MR) is 93.2 cm³/mol. The second-order valence-corrected chi connectivity index (χ2v) is 7.08. The maximum Gasteiger partial charge on any atom is 0.119 e. The van der Waals surface area contributed by atoms with Gasteiger partial charge in [-0.25, -0.2) is 4.98 Å². The van der Waals surface area contributed by atoms with E-state index in [4.69, 9.17) is 4.74 Å². The van der Waals surface area contributed by atoms with Gasteiger partial charge in [-0.15, -0.1) is 11.3 Å². The first-order valence-corrected chi connectivity index (χ1v) is 9.00. The Labute approximate surface area is 141 Å². The minimum Gasteiger partial charge on any atom is -0.497 e. The SMILES string of the molecule is COc1cccc(C(O)CN2CCC(c3nc(C)cs3)CC2)c1. The number of hydrogen-bond donors (Lipinski definition) is 1. The molecule has 0 spiro atoms. The highest BCUT2D eigenvalue weighted by Crippen LogP contribution is 2.31. The molecular weight excluding hydrogens is 308 g/mol. The number of rotatable bonds is 5. The number of benzene rings is 1. The van der Waals surface area contributed by atoms with Gasteiger partial charge in [-0.3, -0.25) is 0 Å². The smallest absolute Gasteiger partial charge is 0.119 e. The van der Waals surface area contributed by atoms with E-state index in [0.29, 0.717) is 12.5 Å². The van der Waals surface area contributed by atoms with Crippen LogP contribution in [0.2, 0.25) is 0 Å². The Morgan fingerprint density at radius 3 is 2.83 bits per heavy atom. The highest BCUT2D eigenvalue weighted by Gasteiger charge is 2.24. The monoisotopic (exact) mass is 332 g/mol. The molecule has 0 aliphatic carbocycles. The summed E-state index contributed by atoms with van der Waals surface area (Å²) in [5, 5.41) is 13.9. The van der Waals surface area contributed by atoms with Gasteiger partial charge in [0.25, 0.3) is 0 Å². The van der Waals surface area contributed by atoms with Gasteiger partial charge < -0.3 is 14.7 Å². The lowest BCUT2D eigenvalue weighted by atomic mass is 9.97. The number of likely N-dealkylation sites (tertiary alicyclic amines) is 1. The number of β-amino-alcohol motifs (C(OH)–C–C–N with tert-alkyl or cyclic N) is 1. The zero-order chi connectivity index (χ0) is 16.2. The van der Waals surface area contributed by atoms with Crippen molar-refractivity contribution < 1.29 is 9.84 Å². The molecule has 1 aliphatic heterocycles. The van der Waals surface area contributed by atoms with Crippen molar-refractivity contribution in [1.82, 2.24) is 9.88 Å². The molecule has 1 aliphatic rings. The summed E-state index contributed by atoms with van der Waals surface area (Å²) in [6.45, 7) is 4.77. The molecule has 1 saturated heterocycles. The molecule has 1 aromatic heterocycles. The third-order valence-electron chi connectivity index (χ3n) is 4.48. The number of aryl methyl sites for hydroxylation is 1. The summed E-state index contributed by atoms with van der Waals surface area (Å²) in [6, 6.07) is 7.69. The zero-order valence-electron chi connectivity index (χ0n) is 13.7. The van der Waals surface area contributed by atoms with Crippen LogP contribution in [-0.4, -0.2) is 41.7 Å². The quantitative estimate of drug-likeness (QED) is 0.912. The molecule has 4 nitrogen and oxygen atoms in total. The molecule has 0 bridgehead atoms. The molecule has 2 heterocycles. The van der Waals surface area contributed by atoms with Crippen LogP contribution in [0.5, 0.6) is 5.75 Å². The van der Waals surface area contributed by atoms with Crippen LogP contribution >= 0.6 is 11.3 Å². The van der Waals surface area contributed by atoms with Crippen LogP contribution < -0.4 is 4.74 Å². The number of ether oxygens (including phenoxy) is 1. The molecule has 0 saturated carbocycles. The molecule has 1 aromatic carbocycles. The molecule has 1 fully saturated rings. The predicted octanol–water partition coefficient (Wildman–Crippen LogP) is 3.37. The van der Waals surface area contributed by atoms with Gasteiger partial charge in [0.2, 0.25) is 0 Å². The Hall–Kier alpha value is -1.43. The number of aliphatic hydroxyl groups excluding tert-OH is 1. The van der Waals surface area contributed by atoms with E-state index in [1.54, 1.807) is 18.4 Å². The van der Waals surface area contributed by atoms with E-state index in [-0.39, 0.29) is 0 Å². The lowest BCUT2D eigenvalue weighted by Gasteiger charge is -2.32. The van der Waals surface area contributed by atoms with Crippen LogP contribution in [0.3, 0.4) is 0 Å². The van der Waals surface area contributed by atoms with Crippen molar-refractivity contribution in [3.8, 4) is 5.75 Å². The first-order chi connectivity index (χ1) is 11.2. The summed E-state index contributed by atoms with van der Waals surface area (Å²) >= 11 is 1.78. The maximum atomic E-state index is 10.5. The number of nitrogens with zero attached hydrogens (tertiary/aromatic N) is 2. The van der Waals surface area contributed by atoms with Crippen molar-refractivity contribution in [2.45, 2.75) is 31.8 Å². The summed E-state index contributed by atoms with van der Waals surface area (Å²) in [4.78, 5) is 6.97. The lowest BCUT2D eigenvalue weighted by Crippen LogP contribution is -2.36. The largest absolute Gasteiger partial charge is 0.497 e. The molecule has 1 unspecified atom stereocenters. The number of aromatic nitrogens is 1. The number of hydrogen-bond acceptors (Lipinski definition) is 5. The van der Waals surface area contributed by atoms with Gasteiger partial charge in [-0.1, -0.05) is 12.1 Å². The van der Waals surface area contributed by atoms with Crippen LogP contribution in [0.15, 0.2) is 29.6 Å². The summed E-state index contributed by atoms with van der Waals surface area (Å²) < 4.78 is 5.23. The summed E-state index contributed by atoms with van der Waals surface area (Å²) in [7, 11) is 1.65. The second kappa shape index (κ2) is 7.43. The fourth-order valence-electron chi connectivity index (χ4n) is 3.12. The number of aliphatic hydroxyl groups is 1. The molecule has 0 radical (unpaired) electrons. The van der Waals surface area contributed by atoms with E-state index in [1.807, 2.05) is 24.3 Å². The van der Waals surface area contributed by atoms with E-state index in [0.717, 1.165) is 42.9 Å². The van der Waals surface area contributed by atoms with Gasteiger partial charge in [0.15, 0.2) is 0 Å². The van der Waals surface area contributed by atoms with Crippen molar-refractivity contribution in [1.29, 1.82) is 0 Å². The lowest BCUT2D eigenvalue weighted by molar-refractivity contribution is 0.0971. The molecule has 124 valence electrons. The van der Waals surface area contributed by atoms with Crippen molar-refractivity contribution in [2.24, 2.45) is 0 Å². The van der Waals surface area contributed by atoms with Gasteiger partial charge in [0, 0.05) is 23.5 Å². The minimum atomic E-state index is -0.469. The molecule has 1 N–H and O–H groups in total. The molecule has 1 atom stereocenters. The number of methoxy groups -OCH3 is 1. The van der Waals surface area contributed by atoms with E-state index >= 15 is 0 Å². The van der Waals surface area contributed by atoms with Gasteiger partial charge in [0.1, 0.15) is 5.75 Å². The first kappa shape index (κ1) is 16.4. The minimum absolute atomic E-state index is 0.469. The molecule has 0 amide bonds. The fraction of sp³-hybridized carbons (Fsp3) is 0.500. The van der Waals surface area contributed by atoms with E-state index in [1.165, 1.54) is 5.01 Å². The topological polar surface area (TPSA) is 45.6 Å². The molecular formula is C18H24N2O2S. The highest BCUT2D eigenvalue weighted by atomic mass is 32.1. The Kier molecular flexibility index (Phi) is 5.30. The van der Waals surface area contributed by atoms with Crippen molar-refractivity contribution in [3.63, 3.8) is 0 Å². The number of thiazole rings is 1. The second-order valence-electron chi connectivity index (χ2n) is 6.19. The van der Waals surface area contributed by atoms with Crippen molar-refractivity contribution in [2.75, 3.05) is 26.7 Å². The third-order valence-corrected chi connectivity index (χ3v) is 5.61. The average molecular weight is 332 g/mol. The summed E-state index contributed by atoms with van der Waals surface area (Å²) in [6.07, 6.45) is 1.78. The zero-order valence-corrected chi connectivity index (χ0v) is 14.6. The molecule has 5 heteroatoms. The normalized spacial score (nSPS) is 18.0. The molecule has 3 rings (SSSR count). The van der Waals surface area contributed by atoms with E-state index in [2.05, 4.69) is 22.2 Å².